The van der Waals surface area contributed by atoms with Crippen molar-refractivity contribution in [1.82, 2.24) is 19.9 Å². The van der Waals surface area contributed by atoms with Crippen molar-refractivity contribution in [2.75, 3.05) is 68.0 Å². The fraction of sp³-hybridized carbons (Fsp3) is 0.552. The molecule has 3 saturated heterocycles. The first-order valence-corrected chi connectivity index (χ1v) is 13.9. The molecule has 0 radical (unpaired) electrons. The molecule has 0 unspecified atom stereocenters. The van der Waals surface area contributed by atoms with Crippen molar-refractivity contribution in [3.05, 3.63) is 36.2 Å². The zero-order valence-corrected chi connectivity index (χ0v) is 23.1. The summed E-state index contributed by atoms with van der Waals surface area (Å²) in [5, 5.41) is 0. The average molecular weight is 534 g/mol. The van der Waals surface area contributed by atoms with Gasteiger partial charge in [-0.15, -0.1) is 0 Å². The number of ketones is 1. The van der Waals surface area contributed by atoms with Crippen molar-refractivity contribution < 1.29 is 14.3 Å². The van der Waals surface area contributed by atoms with E-state index in [4.69, 9.17) is 15.5 Å². The number of allylic oxidation sites excluding steroid dienone is 2. The van der Waals surface area contributed by atoms with Gasteiger partial charge in [0.15, 0.2) is 5.78 Å². The highest BCUT2D eigenvalue weighted by Gasteiger charge is 2.45. The van der Waals surface area contributed by atoms with Gasteiger partial charge in [-0.3, -0.25) is 9.59 Å². The number of ether oxygens (including phenoxy) is 1. The Hall–Kier alpha value is -3.53. The Morgan fingerprint density at radius 2 is 1.69 bits per heavy atom. The van der Waals surface area contributed by atoms with Crippen LogP contribution in [-0.2, 0) is 14.3 Å². The number of nitrogens with two attached hydrogens (primary N) is 1. The fourth-order valence-corrected chi connectivity index (χ4v) is 5.72. The number of carbonyl (C=O) groups is 2. The number of pyridine rings is 1. The number of amides is 1. The Bertz CT molecular complexity index is 1200. The zero-order valence-electron chi connectivity index (χ0n) is 23.1. The molecule has 3 aliphatic rings. The lowest BCUT2D eigenvalue weighted by Crippen LogP contribution is -2.61. The lowest BCUT2D eigenvalue weighted by Gasteiger charge is -2.55. The van der Waals surface area contributed by atoms with Crippen LogP contribution in [0.4, 0.5) is 17.5 Å². The largest absolute Gasteiger partial charge is 0.378 e. The van der Waals surface area contributed by atoms with E-state index in [0.717, 1.165) is 80.4 Å². The van der Waals surface area contributed by atoms with Crippen molar-refractivity contribution in [2.45, 2.75) is 46.0 Å². The number of rotatable bonds is 8. The second-order valence-electron chi connectivity index (χ2n) is 11.3. The number of morpholine rings is 1. The van der Waals surface area contributed by atoms with Gasteiger partial charge in [-0.25, -0.2) is 15.0 Å². The predicted octanol–water partition coefficient (Wildman–Crippen LogP) is 3.09. The molecule has 1 amide bonds. The molecule has 10 nitrogen and oxygen atoms in total. The van der Waals surface area contributed by atoms with Gasteiger partial charge in [0, 0.05) is 87.2 Å². The van der Waals surface area contributed by atoms with Gasteiger partial charge in [0.2, 0.25) is 11.9 Å². The maximum absolute atomic E-state index is 12.7. The van der Waals surface area contributed by atoms with E-state index in [9.17, 15) is 9.59 Å². The molecule has 3 aliphatic heterocycles. The molecule has 39 heavy (non-hydrogen) atoms. The van der Waals surface area contributed by atoms with Crippen molar-refractivity contribution in [2.24, 2.45) is 5.41 Å². The molecule has 0 bridgehead atoms. The number of aromatic nitrogens is 3. The van der Waals surface area contributed by atoms with Gasteiger partial charge in [-0.1, -0.05) is 5.57 Å². The number of carbonyl (C=O) groups excluding carboxylic acids is 2. The molecule has 10 heteroatoms. The van der Waals surface area contributed by atoms with Crippen molar-refractivity contribution >= 4 is 29.1 Å². The van der Waals surface area contributed by atoms with Gasteiger partial charge in [-0.2, -0.15) is 0 Å². The van der Waals surface area contributed by atoms with Crippen LogP contribution in [0.2, 0.25) is 0 Å². The second-order valence-corrected chi connectivity index (χ2v) is 11.3. The third-order valence-corrected chi connectivity index (χ3v) is 7.96. The summed E-state index contributed by atoms with van der Waals surface area (Å²) < 4.78 is 5.55. The molecule has 0 saturated carbocycles. The minimum absolute atomic E-state index is 0.106. The minimum atomic E-state index is 0.106. The first-order valence-electron chi connectivity index (χ1n) is 13.9. The number of hydrogen-bond donors (Lipinski definition) is 1. The van der Waals surface area contributed by atoms with Gasteiger partial charge in [0.1, 0.15) is 5.82 Å². The summed E-state index contributed by atoms with van der Waals surface area (Å²) in [6, 6.07) is 4.29. The highest BCUT2D eigenvalue weighted by molar-refractivity contribution is 5.90. The van der Waals surface area contributed by atoms with E-state index >= 15 is 0 Å². The summed E-state index contributed by atoms with van der Waals surface area (Å²) in [5.41, 5.74) is 9.76. The molecule has 1 spiro atoms. The predicted molar refractivity (Wildman–Crippen MR) is 151 cm³/mol. The highest BCUT2D eigenvalue weighted by atomic mass is 16.5. The number of likely N-dealkylation sites (tertiary alicyclic amines) is 1. The minimum Gasteiger partial charge on any atom is -0.378 e. The SMILES string of the molecule is CC(C)=CC(=O)CCCC(=O)N1CCC2(CC1)CN(c1cc(-c3cnc(N)nc3)nc(N3CCOCC3)c1)C2. The number of anilines is 3. The summed E-state index contributed by atoms with van der Waals surface area (Å²) in [6.07, 6.45) is 8.62. The number of nitrogens with zero attached hydrogens (tertiary/aromatic N) is 6. The van der Waals surface area contributed by atoms with Crippen LogP contribution >= 0.6 is 0 Å². The maximum Gasteiger partial charge on any atom is 0.222 e. The van der Waals surface area contributed by atoms with E-state index in [2.05, 4.69) is 31.9 Å². The average Bonchev–Trinajstić information content (AvgIpc) is 2.92. The van der Waals surface area contributed by atoms with Crippen LogP contribution in [-0.4, -0.2) is 84.0 Å². The van der Waals surface area contributed by atoms with Crippen LogP contribution in [0.5, 0.6) is 0 Å². The number of nitrogen functional groups attached to an aromatic ring is 1. The standard InChI is InChI=1S/C29H39N7O3/c1-21(2)14-24(37)4-3-5-27(38)35-8-6-29(7-9-35)19-36(20-29)23-15-25(22-17-31-28(30)32-18-22)33-26(16-23)34-10-12-39-13-11-34/h14-18H,3-13,19-20H2,1-2H3,(H2,30,31,32). The Morgan fingerprint density at radius 1 is 1.00 bits per heavy atom. The molecule has 2 aromatic rings. The summed E-state index contributed by atoms with van der Waals surface area (Å²) in [7, 11) is 0. The maximum atomic E-state index is 12.7. The molecule has 208 valence electrons. The van der Waals surface area contributed by atoms with Crippen LogP contribution < -0.4 is 15.5 Å². The lowest BCUT2D eigenvalue weighted by molar-refractivity contribution is -0.134. The topological polar surface area (TPSA) is 118 Å². The Balaban J connectivity index is 1.20. The van der Waals surface area contributed by atoms with E-state index in [1.54, 1.807) is 18.5 Å². The zero-order chi connectivity index (χ0) is 27.4. The van der Waals surface area contributed by atoms with E-state index in [0.29, 0.717) is 32.5 Å². The molecular formula is C29H39N7O3. The lowest BCUT2D eigenvalue weighted by atomic mass is 9.71. The molecule has 2 aromatic heterocycles. The van der Waals surface area contributed by atoms with Gasteiger partial charge in [-0.05, 0) is 45.3 Å². The van der Waals surface area contributed by atoms with Crippen LogP contribution in [0.1, 0.15) is 46.0 Å². The fourth-order valence-electron chi connectivity index (χ4n) is 5.72. The number of piperidine rings is 1. The molecule has 5 rings (SSSR count). The van der Waals surface area contributed by atoms with Crippen LogP contribution in [0.15, 0.2) is 36.2 Å². The van der Waals surface area contributed by atoms with Crippen LogP contribution in [0, 0.1) is 5.41 Å². The van der Waals surface area contributed by atoms with E-state index in [1.165, 1.54) is 0 Å². The molecular weight excluding hydrogens is 494 g/mol. The van der Waals surface area contributed by atoms with E-state index in [-0.39, 0.29) is 23.1 Å². The van der Waals surface area contributed by atoms with E-state index < -0.39 is 0 Å². The molecule has 3 fully saturated rings. The van der Waals surface area contributed by atoms with E-state index in [1.807, 2.05) is 18.7 Å². The van der Waals surface area contributed by atoms with Crippen molar-refractivity contribution in [1.29, 1.82) is 0 Å². The number of hydrogen-bond acceptors (Lipinski definition) is 9. The molecule has 0 atom stereocenters. The Morgan fingerprint density at radius 3 is 2.36 bits per heavy atom. The summed E-state index contributed by atoms with van der Waals surface area (Å²) in [5.74, 6) is 1.46. The van der Waals surface area contributed by atoms with Gasteiger partial charge >= 0.3 is 0 Å². The normalized spacial score (nSPS) is 18.6. The molecule has 0 aromatic carbocycles. The first kappa shape index (κ1) is 27.1. The summed E-state index contributed by atoms with van der Waals surface area (Å²) in [6.45, 7) is 10.4. The quantitative estimate of drug-likeness (QED) is 0.511. The van der Waals surface area contributed by atoms with Gasteiger partial charge < -0.3 is 25.2 Å². The summed E-state index contributed by atoms with van der Waals surface area (Å²) >= 11 is 0. The van der Waals surface area contributed by atoms with Gasteiger partial charge in [0.05, 0.1) is 18.9 Å². The Labute approximate surface area is 230 Å². The van der Waals surface area contributed by atoms with Crippen molar-refractivity contribution in [3.63, 3.8) is 0 Å². The molecule has 0 aliphatic carbocycles. The summed E-state index contributed by atoms with van der Waals surface area (Å²) in [4.78, 5) is 44.6. The second kappa shape index (κ2) is 11.7. The monoisotopic (exact) mass is 533 g/mol. The highest BCUT2D eigenvalue weighted by Crippen LogP contribution is 2.44. The van der Waals surface area contributed by atoms with Gasteiger partial charge in [0.25, 0.3) is 0 Å². The first-order chi connectivity index (χ1) is 18.8. The Kier molecular flexibility index (Phi) is 8.11. The van der Waals surface area contributed by atoms with Crippen LogP contribution in [0.25, 0.3) is 11.3 Å². The van der Waals surface area contributed by atoms with Crippen LogP contribution in [0.3, 0.4) is 0 Å². The van der Waals surface area contributed by atoms with Crippen molar-refractivity contribution in [3.8, 4) is 11.3 Å². The third-order valence-electron chi connectivity index (χ3n) is 7.96. The third kappa shape index (κ3) is 6.55. The molecule has 5 heterocycles. The molecule has 2 N–H and O–H groups in total. The smallest absolute Gasteiger partial charge is 0.222 e.